The molecule has 0 saturated carbocycles. The molecular weight excluding hydrogens is 236 g/mol. The molecule has 6 heteroatoms. The van der Waals surface area contributed by atoms with E-state index in [2.05, 4.69) is 5.16 Å². The lowest BCUT2D eigenvalue weighted by Gasteiger charge is -2.19. The molecule has 1 aromatic rings. The van der Waals surface area contributed by atoms with E-state index in [-0.39, 0.29) is 12.5 Å². The number of aromatic nitrogens is 1. The van der Waals surface area contributed by atoms with Gasteiger partial charge in [0.05, 0.1) is 11.6 Å². The third-order valence-corrected chi connectivity index (χ3v) is 2.80. The van der Waals surface area contributed by atoms with Crippen molar-refractivity contribution >= 4 is 11.9 Å². The van der Waals surface area contributed by atoms with Crippen molar-refractivity contribution in [2.75, 3.05) is 13.6 Å². The van der Waals surface area contributed by atoms with Crippen LogP contribution in [0.5, 0.6) is 0 Å². The third kappa shape index (κ3) is 2.88. The van der Waals surface area contributed by atoms with Crippen LogP contribution in [-0.4, -0.2) is 40.6 Å². The van der Waals surface area contributed by atoms with E-state index in [0.717, 1.165) is 0 Å². The molecule has 1 atom stereocenters. The fourth-order valence-electron chi connectivity index (χ4n) is 1.70. The monoisotopic (exact) mass is 254 g/mol. The zero-order chi connectivity index (χ0) is 13.9. The first kappa shape index (κ1) is 14.2. The van der Waals surface area contributed by atoms with Crippen molar-refractivity contribution in [3.63, 3.8) is 0 Å². The molecule has 1 N–H and O–H groups in total. The maximum absolute atomic E-state index is 12.2. The summed E-state index contributed by atoms with van der Waals surface area (Å²) in [7, 11) is 1.58. The SMILES string of the molecule is CCc1noc(C)c1C(=O)N(C)CC(C)C(=O)O. The van der Waals surface area contributed by atoms with E-state index in [0.29, 0.717) is 23.4 Å². The van der Waals surface area contributed by atoms with E-state index >= 15 is 0 Å². The second-order valence-electron chi connectivity index (χ2n) is 4.34. The predicted octanol–water partition coefficient (Wildman–Crippen LogP) is 1.34. The van der Waals surface area contributed by atoms with Gasteiger partial charge in [-0.2, -0.15) is 0 Å². The van der Waals surface area contributed by atoms with Gasteiger partial charge in [0.2, 0.25) is 0 Å². The van der Waals surface area contributed by atoms with Gasteiger partial charge >= 0.3 is 5.97 Å². The van der Waals surface area contributed by atoms with Gasteiger partial charge in [-0.1, -0.05) is 19.0 Å². The van der Waals surface area contributed by atoms with E-state index in [1.165, 1.54) is 4.90 Å². The molecular formula is C12H18N2O4. The smallest absolute Gasteiger partial charge is 0.308 e. The largest absolute Gasteiger partial charge is 0.481 e. The minimum atomic E-state index is -0.924. The maximum atomic E-state index is 12.2. The molecule has 0 fully saturated rings. The van der Waals surface area contributed by atoms with Crippen molar-refractivity contribution in [3.8, 4) is 0 Å². The molecule has 0 aliphatic rings. The summed E-state index contributed by atoms with van der Waals surface area (Å²) in [6.45, 7) is 5.27. The highest BCUT2D eigenvalue weighted by Crippen LogP contribution is 2.16. The number of carbonyl (C=O) groups excluding carboxylic acids is 1. The van der Waals surface area contributed by atoms with E-state index in [1.54, 1.807) is 20.9 Å². The Kier molecular flexibility index (Phi) is 4.47. The Bertz CT molecular complexity index is 453. The van der Waals surface area contributed by atoms with Crippen molar-refractivity contribution < 1.29 is 19.2 Å². The molecule has 1 heterocycles. The molecule has 0 spiro atoms. The van der Waals surface area contributed by atoms with Gasteiger partial charge in [0.25, 0.3) is 5.91 Å². The number of nitrogens with zero attached hydrogens (tertiary/aromatic N) is 2. The van der Waals surface area contributed by atoms with Crippen LogP contribution in [0.15, 0.2) is 4.52 Å². The average molecular weight is 254 g/mol. The summed E-state index contributed by atoms with van der Waals surface area (Å²) in [6, 6.07) is 0. The van der Waals surface area contributed by atoms with Crippen molar-refractivity contribution in [2.45, 2.75) is 27.2 Å². The number of carboxylic acid groups (broad SMARTS) is 1. The first-order valence-corrected chi connectivity index (χ1v) is 5.81. The molecule has 0 saturated heterocycles. The summed E-state index contributed by atoms with van der Waals surface area (Å²) in [6.07, 6.45) is 0.598. The van der Waals surface area contributed by atoms with Crippen LogP contribution in [0.4, 0.5) is 0 Å². The molecule has 0 bridgehead atoms. The van der Waals surface area contributed by atoms with Gasteiger partial charge in [-0.15, -0.1) is 0 Å². The first-order valence-electron chi connectivity index (χ1n) is 5.81. The summed E-state index contributed by atoms with van der Waals surface area (Å²) >= 11 is 0. The van der Waals surface area contributed by atoms with Gasteiger partial charge in [-0.25, -0.2) is 0 Å². The summed E-state index contributed by atoms with van der Waals surface area (Å²) in [5.74, 6) is -1.32. The molecule has 0 aromatic carbocycles. The Balaban J connectivity index is 2.86. The number of carboxylic acids is 1. The number of amides is 1. The van der Waals surface area contributed by atoms with Crippen LogP contribution >= 0.6 is 0 Å². The Morgan fingerprint density at radius 2 is 2.11 bits per heavy atom. The Morgan fingerprint density at radius 3 is 2.61 bits per heavy atom. The number of rotatable bonds is 5. The summed E-state index contributed by atoms with van der Waals surface area (Å²) in [5, 5.41) is 12.6. The van der Waals surface area contributed by atoms with E-state index in [1.807, 2.05) is 6.92 Å². The van der Waals surface area contributed by atoms with Crippen molar-refractivity contribution in [2.24, 2.45) is 5.92 Å². The zero-order valence-corrected chi connectivity index (χ0v) is 11.1. The van der Waals surface area contributed by atoms with Crippen LogP contribution < -0.4 is 0 Å². The molecule has 1 amide bonds. The van der Waals surface area contributed by atoms with Crippen molar-refractivity contribution in [3.05, 3.63) is 17.0 Å². The standard InChI is InChI=1S/C12H18N2O4/c1-5-9-10(8(3)18-13-9)11(15)14(4)6-7(2)12(16)17/h7H,5-6H2,1-4H3,(H,16,17). The van der Waals surface area contributed by atoms with Gasteiger partial charge in [0.15, 0.2) is 0 Å². The van der Waals surface area contributed by atoms with Gasteiger partial charge in [0, 0.05) is 13.6 Å². The highest BCUT2D eigenvalue weighted by Gasteiger charge is 2.24. The minimum absolute atomic E-state index is 0.155. The Morgan fingerprint density at radius 1 is 1.50 bits per heavy atom. The number of hydrogen-bond donors (Lipinski definition) is 1. The lowest BCUT2D eigenvalue weighted by Crippen LogP contribution is -2.34. The molecule has 1 aromatic heterocycles. The highest BCUT2D eigenvalue weighted by molar-refractivity contribution is 5.96. The van der Waals surface area contributed by atoms with E-state index < -0.39 is 11.9 Å². The van der Waals surface area contributed by atoms with Crippen LogP contribution in [0.3, 0.4) is 0 Å². The fourth-order valence-corrected chi connectivity index (χ4v) is 1.70. The molecule has 1 rings (SSSR count). The van der Waals surface area contributed by atoms with Crippen molar-refractivity contribution in [1.29, 1.82) is 0 Å². The molecule has 1 unspecified atom stereocenters. The zero-order valence-electron chi connectivity index (χ0n) is 11.1. The Labute approximate surface area is 106 Å². The maximum Gasteiger partial charge on any atom is 0.308 e. The Hall–Kier alpha value is -1.85. The lowest BCUT2D eigenvalue weighted by atomic mass is 10.1. The molecule has 100 valence electrons. The second kappa shape index (κ2) is 5.66. The van der Waals surface area contributed by atoms with Crippen LogP contribution in [0, 0.1) is 12.8 Å². The third-order valence-electron chi connectivity index (χ3n) is 2.80. The topological polar surface area (TPSA) is 83.6 Å². The number of aliphatic carboxylic acids is 1. The van der Waals surface area contributed by atoms with Gasteiger partial charge in [-0.3, -0.25) is 9.59 Å². The first-order chi connectivity index (χ1) is 8.38. The van der Waals surface area contributed by atoms with E-state index in [9.17, 15) is 9.59 Å². The van der Waals surface area contributed by atoms with Crippen LogP contribution in [0.2, 0.25) is 0 Å². The van der Waals surface area contributed by atoms with Crippen molar-refractivity contribution in [1.82, 2.24) is 10.1 Å². The summed E-state index contributed by atoms with van der Waals surface area (Å²) in [4.78, 5) is 24.3. The van der Waals surface area contributed by atoms with Gasteiger partial charge in [-0.05, 0) is 13.3 Å². The van der Waals surface area contributed by atoms with Gasteiger partial charge < -0.3 is 14.5 Å². The highest BCUT2D eigenvalue weighted by atomic mass is 16.5. The van der Waals surface area contributed by atoms with Crippen LogP contribution in [0.1, 0.15) is 35.7 Å². The second-order valence-corrected chi connectivity index (χ2v) is 4.34. The lowest BCUT2D eigenvalue weighted by molar-refractivity contribution is -0.141. The quantitative estimate of drug-likeness (QED) is 0.857. The van der Waals surface area contributed by atoms with Gasteiger partial charge in [0.1, 0.15) is 11.3 Å². The normalized spacial score (nSPS) is 12.2. The number of carbonyl (C=O) groups is 2. The van der Waals surface area contributed by atoms with E-state index in [4.69, 9.17) is 9.63 Å². The fraction of sp³-hybridized carbons (Fsp3) is 0.583. The molecule has 0 aliphatic carbocycles. The summed E-state index contributed by atoms with van der Waals surface area (Å²) < 4.78 is 5.00. The molecule has 0 radical (unpaired) electrons. The predicted molar refractivity (Wildman–Crippen MR) is 64.4 cm³/mol. The van der Waals surface area contributed by atoms with Crippen LogP contribution in [-0.2, 0) is 11.2 Å². The van der Waals surface area contributed by atoms with Crippen LogP contribution in [0.25, 0.3) is 0 Å². The number of aryl methyl sites for hydroxylation is 2. The molecule has 0 aliphatic heterocycles. The average Bonchev–Trinajstić information content (AvgIpc) is 2.68. The molecule has 18 heavy (non-hydrogen) atoms. The number of hydrogen-bond acceptors (Lipinski definition) is 4. The summed E-state index contributed by atoms with van der Waals surface area (Å²) in [5.41, 5.74) is 1.05. The molecule has 6 nitrogen and oxygen atoms in total. The minimum Gasteiger partial charge on any atom is -0.481 e.